The Bertz CT molecular complexity index is 505. The second-order valence-corrected chi connectivity index (χ2v) is 4.99. The minimum Gasteiger partial charge on any atom is -0.342 e. The predicted molar refractivity (Wildman–Crippen MR) is 68.4 cm³/mol. The lowest BCUT2D eigenvalue weighted by atomic mass is 10.4. The van der Waals surface area contributed by atoms with E-state index in [1.807, 2.05) is 0 Å². The highest BCUT2D eigenvalue weighted by Crippen LogP contribution is 2.08. The first kappa shape index (κ1) is 14.7. The van der Waals surface area contributed by atoms with Gasteiger partial charge in [0.2, 0.25) is 16.1 Å². The molecule has 98 valence electrons. The van der Waals surface area contributed by atoms with E-state index in [0.29, 0.717) is 13.2 Å². The Hall–Kier alpha value is -1.35. The van der Waals surface area contributed by atoms with E-state index in [2.05, 4.69) is 11.2 Å². The standard InChI is InChI=1S/C13H16O4S/c1-3-16-13(17-4-2)10-11-18(14,15)12-8-6-5-7-9-12/h5-9,13H,3-4H2,1-2H3. The second kappa shape index (κ2) is 7.17. The molecule has 5 heteroatoms. The Morgan fingerprint density at radius 2 is 1.67 bits per heavy atom. The van der Waals surface area contributed by atoms with Gasteiger partial charge in [0, 0.05) is 18.5 Å². The minimum atomic E-state index is -3.61. The Morgan fingerprint density at radius 1 is 1.11 bits per heavy atom. The van der Waals surface area contributed by atoms with Crippen LogP contribution in [0.4, 0.5) is 0 Å². The number of rotatable bonds is 5. The first-order chi connectivity index (χ1) is 8.60. The zero-order valence-corrected chi connectivity index (χ0v) is 11.2. The third kappa shape index (κ3) is 4.49. The number of ether oxygens (including phenoxy) is 2. The summed E-state index contributed by atoms with van der Waals surface area (Å²) in [6.45, 7) is 4.40. The van der Waals surface area contributed by atoms with Crippen molar-refractivity contribution in [2.24, 2.45) is 0 Å². The van der Waals surface area contributed by atoms with Crippen LogP contribution in [0.15, 0.2) is 35.2 Å². The SMILES string of the molecule is CCOC(C#CS(=O)(=O)c1ccccc1)OCC. The molecule has 0 unspecified atom stereocenters. The van der Waals surface area contributed by atoms with Crippen molar-refractivity contribution in [3.8, 4) is 11.2 Å². The lowest BCUT2D eigenvalue weighted by Crippen LogP contribution is -2.15. The summed E-state index contributed by atoms with van der Waals surface area (Å²) < 4.78 is 34.0. The summed E-state index contributed by atoms with van der Waals surface area (Å²) in [6.07, 6.45) is -0.807. The molecule has 0 N–H and O–H groups in total. The molecule has 1 aromatic rings. The predicted octanol–water partition coefficient (Wildman–Crippen LogP) is 1.82. The summed E-state index contributed by atoms with van der Waals surface area (Å²) in [5.74, 6) is 2.48. The van der Waals surface area contributed by atoms with Gasteiger partial charge in [-0.15, -0.1) is 0 Å². The smallest absolute Gasteiger partial charge is 0.245 e. The number of benzene rings is 1. The molecule has 0 saturated heterocycles. The van der Waals surface area contributed by atoms with Gasteiger partial charge in [-0.1, -0.05) is 18.2 Å². The molecule has 0 fully saturated rings. The molecular formula is C13H16O4S. The second-order valence-electron chi connectivity index (χ2n) is 3.31. The summed E-state index contributed by atoms with van der Waals surface area (Å²) in [6, 6.07) is 8.05. The molecule has 1 aromatic carbocycles. The van der Waals surface area contributed by atoms with Crippen LogP contribution in [0.25, 0.3) is 0 Å². The first-order valence-electron chi connectivity index (χ1n) is 5.65. The third-order valence-electron chi connectivity index (χ3n) is 2.00. The van der Waals surface area contributed by atoms with Crippen LogP contribution < -0.4 is 0 Å². The highest BCUT2D eigenvalue weighted by atomic mass is 32.2. The van der Waals surface area contributed by atoms with Crippen LogP contribution in [-0.2, 0) is 19.3 Å². The summed E-state index contributed by atoms with van der Waals surface area (Å²) in [5, 5.41) is 2.22. The molecule has 4 nitrogen and oxygen atoms in total. The topological polar surface area (TPSA) is 52.6 Å². The molecule has 0 aliphatic carbocycles. The molecule has 0 amide bonds. The highest BCUT2D eigenvalue weighted by Gasteiger charge is 2.11. The molecule has 0 heterocycles. The van der Waals surface area contributed by atoms with Crippen LogP contribution in [0.3, 0.4) is 0 Å². The summed E-state index contributed by atoms with van der Waals surface area (Å²) in [7, 11) is -3.61. The average molecular weight is 268 g/mol. The Balaban J connectivity index is 2.89. The Labute approximate surface area is 108 Å². The summed E-state index contributed by atoms with van der Waals surface area (Å²) in [4.78, 5) is 0.171. The van der Waals surface area contributed by atoms with Gasteiger partial charge in [-0.05, 0) is 31.9 Å². The van der Waals surface area contributed by atoms with Crippen molar-refractivity contribution in [2.45, 2.75) is 25.0 Å². The molecule has 0 aromatic heterocycles. The molecule has 0 spiro atoms. The average Bonchev–Trinajstić information content (AvgIpc) is 2.38. The van der Waals surface area contributed by atoms with E-state index in [1.165, 1.54) is 12.1 Å². The van der Waals surface area contributed by atoms with Crippen LogP contribution >= 0.6 is 0 Å². The van der Waals surface area contributed by atoms with Gasteiger partial charge in [0.25, 0.3) is 0 Å². The van der Waals surface area contributed by atoms with Gasteiger partial charge >= 0.3 is 0 Å². The molecule has 0 radical (unpaired) electrons. The summed E-state index contributed by atoms with van der Waals surface area (Å²) in [5.41, 5.74) is 0. The normalized spacial score (nSPS) is 11.1. The number of sulfone groups is 1. The van der Waals surface area contributed by atoms with Crippen LogP contribution in [-0.4, -0.2) is 27.9 Å². The number of hydrogen-bond acceptors (Lipinski definition) is 4. The fraction of sp³-hybridized carbons (Fsp3) is 0.385. The molecule has 0 aliphatic rings. The Morgan fingerprint density at radius 3 is 2.17 bits per heavy atom. The molecule has 18 heavy (non-hydrogen) atoms. The van der Waals surface area contributed by atoms with Gasteiger partial charge in [-0.3, -0.25) is 0 Å². The quantitative estimate of drug-likeness (QED) is 0.464. The van der Waals surface area contributed by atoms with Gasteiger partial charge in [-0.25, -0.2) is 8.42 Å². The largest absolute Gasteiger partial charge is 0.342 e. The van der Waals surface area contributed by atoms with Crippen LogP contribution in [0.1, 0.15) is 13.8 Å². The highest BCUT2D eigenvalue weighted by molar-refractivity contribution is 7.96. The molecule has 0 atom stereocenters. The van der Waals surface area contributed by atoms with Gasteiger partial charge in [0.1, 0.15) is 0 Å². The fourth-order valence-corrected chi connectivity index (χ4v) is 2.10. The van der Waals surface area contributed by atoms with E-state index in [4.69, 9.17) is 9.47 Å². The van der Waals surface area contributed by atoms with Gasteiger partial charge < -0.3 is 9.47 Å². The lowest BCUT2D eigenvalue weighted by Gasteiger charge is -2.09. The first-order valence-corrected chi connectivity index (χ1v) is 7.14. The van der Waals surface area contributed by atoms with Crippen LogP contribution in [0.2, 0.25) is 0 Å². The van der Waals surface area contributed by atoms with Gasteiger partial charge in [0.15, 0.2) is 0 Å². The third-order valence-corrected chi connectivity index (χ3v) is 3.28. The lowest BCUT2D eigenvalue weighted by molar-refractivity contribution is -0.0969. The van der Waals surface area contributed by atoms with Crippen molar-refractivity contribution in [1.29, 1.82) is 0 Å². The maximum Gasteiger partial charge on any atom is 0.245 e. The van der Waals surface area contributed by atoms with Crippen molar-refractivity contribution in [2.75, 3.05) is 13.2 Å². The molecule has 0 aliphatic heterocycles. The van der Waals surface area contributed by atoms with Crippen LogP contribution in [0.5, 0.6) is 0 Å². The van der Waals surface area contributed by atoms with E-state index < -0.39 is 16.1 Å². The van der Waals surface area contributed by atoms with Gasteiger partial charge in [0.05, 0.1) is 4.90 Å². The van der Waals surface area contributed by atoms with Crippen molar-refractivity contribution >= 4 is 9.84 Å². The summed E-state index contributed by atoms with van der Waals surface area (Å²) >= 11 is 0. The monoisotopic (exact) mass is 268 g/mol. The number of hydrogen-bond donors (Lipinski definition) is 0. The van der Waals surface area contributed by atoms with Crippen molar-refractivity contribution < 1.29 is 17.9 Å². The maximum atomic E-state index is 11.9. The molecule has 1 rings (SSSR count). The fourth-order valence-electron chi connectivity index (χ4n) is 1.22. The van der Waals surface area contributed by atoms with E-state index in [0.717, 1.165) is 0 Å². The van der Waals surface area contributed by atoms with Crippen molar-refractivity contribution in [1.82, 2.24) is 0 Å². The Kier molecular flexibility index (Phi) is 5.86. The van der Waals surface area contributed by atoms with E-state index in [1.54, 1.807) is 32.0 Å². The van der Waals surface area contributed by atoms with E-state index in [9.17, 15) is 8.42 Å². The zero-order valence-electron chi connectivity index (χ0n) is 10.4. The minimum absolute atomic E-state index is 0.171. The maximum absolute atomic E-state index is 11.9. The molecule has 0 saturated carbocycles. The van der Waals surface area contributed by atoms with Crippen molar-refractivity contribution in [3.05, 3.63) is 30.3 Å². The van der Waals surface area contributed by atoms with Crippen LogP contribution in [0, 0.1) is 11.2 Å². The molecule has 0 bridgehead atoms. The van der Waals surface area contributed by atoms with E-state index >= 15 is 0 Å². The van der Waals surface area contributed by atoms with E-state index in [-0.39, 0.29) is 4.90 Å². The van der Waals surface area contributed by atoms with Gasteiger partial charge in [-0.2, -0.15) is 0 Å². The molecular weight excluding hydrogens is 252 g/mol. The van der Waals surface area contributed by atoms with Crippen molar-refractivity contribution in [3.63, 3.8) is 0 Å². The zero-order chi connectivity index (χ0) is 13.4.